The zero-order valence-corrected chi connectivity index (χ0v) is 35.2. The van der Waals surface area contributed by atoms with Crippen molar-refractivity contribution < 1.29 is 0 Å². The molecule has 0 saturated heterocycles. The van der Waals surface area contributed by atoms with Gasteiger partial charge in [-0.05, 0) is 73.6 Å². The van der Waals surface area contributed by atoms with Crippen molar-refractivity contribution in [2.24, 2.45) is 0 Å². The van der Waals surface area contributed by atoms with E-state index in [1.807, 2.05) is 23.5 Å². The largest absolute Gasteiger partial charge is 0.291 e. The Morgan fingerprint density at radius 3 is 1.39 bits per heavy atom. The van der Waals surface area contributed by atoms with Gasteiger partial charge in [-0.15, -0.1) is 11.3 Å². The van der Waals surface area contributed by atoms with Crippen LogP contribution in [0.15, 0.2) is 212 Å². The maximum Gasteiger partial charge on any atom is 0.164 e. The van der Waals surface area contributed by atoms with Gasteiger partial charge in [0, 0.05) is 32.2 Å². The van der Waals surface area contributed by atoms with Crippen LogP contribution in [-0.4, -0.2) is 24.3 Å². The first-order valence-electron chi connectivity index (χ1n) is 21.5. The van der Waals surface area contributed by atoms with Crippen molar-refractivity contribution in [2.75, 3.05) is 0 Å². The number of hydrogen-bond acceptors (Lipinski definition) is 5. The standard InChI is InChI=1S/C58H35N5S/c1-3-11-36(12-4-1)38-19-25-42(26-20-38)55-60-56(43-27-21-39(22-28-43)37-13-5-2-6-14-37)62-57(61-55)44-29-23-41(24-30-44)50-35-48-53-47-18-10-9-15-40(47)31-32-52(53)64-54(48)58-59-49-33-45-16-7-8-17-46(45)34-51(49)63(50)58/h1-35H. The summed E-state index contributed by atoms with van der Waals surface area (Å²) >= 11 is 1.82. The second-order valence-electron chi connectivity index (χ2n) is 16.3. The van der Waals surface area contributed by atoms with Crippen LogP contribution in [0.25, 0.3) is 126 Å². The number of pyridine rings is 1. The van der Waals surface area contributed by atoms with Crippen LogP contribution in [0.4, 0.5) is 0 Å². The smallest absolute Gasteiger partial charge is 0.164 e. The van der Waals surface area contributed by atoms with Crippen molar-refractivity contribution >= 4 is 69.7 Å². The van der Waals surface area contributed by atoms with E-state index in [9.17, 15) is 0 Å². The topological polar surface area (TPSA) is 56.0 Å². The van der Waals surface area contributed by atoms with E-state index in [0.29, 0.717) is 17.5 Å². The third-order valence-electron chi connectivity index (χ3n) is 12.4. The van der Waals surface area contributed by atoms with Gasteiger partial charge in [-0.3, -0.25) is 4.40 Å². The summed E-state index contributed by atoms with van der Waals surface area (Å²) < 4.78 is 4.80. The molecule has 13 aromatic rings. The number of hydrogen-bond donors (Lipinski definition) is 0. The summed E-state index contributed by atoms with van der Waals surface area (Å²) in [5, 5.41) is 7.34. The monoisotopic (exact) mass is 833 g/mol. The van der Waals surface area contributed by atoms with Crippen LogP contribution in [-0.2, 0) is 0 Å². The summed E-state index contributed by atoms with van der Waals surface area (Å²) in [6.45, 7) is 0. The average molecular weight is 834 g/mol. The molecule has 0 unspecified atom stereocenters. The van der Waals surface area contributed by atoms with Gasteiger partial charge in [-0.1, -0.05) is 188 Å². The summed E-state index contributed by atoms with van der Waals surface area (Å²) in [5.74, 6) is 1.86. The fourth-order valence-electron chi connectivity index (χ4n) is 9.21. The highest BCUT2D eigenvalue weighted by Gasteiger charge is 2.20. The highest BCUT2D eigenvalue weighted by atomic mass is 32.1. The van der Waals surface area contributed by atoms with Crippen LogP contribution in [0.3, 0.4) is 0 Å². The van der Waals surface area contributed by atoms with Crippen molar-refractivity contribution in [3.63, 3.8) is 0 Å². The Bertz CT molecular complexity index is 3810. The van der Waals surface area contributed by atoms with E-state index >= 15 is 0 Å². The minimum absolute atomic E-state index is 0.612. The normalized spacial score (nSPS) is 11.8. The lowest BCUT2D eigenvalue weighted by atomic mass is 10.0. The molecule has 0 spiro atoms. The fraction of sp³-hybridized carbons (Fsp3) is 0. The SMILES string of the molecule is c1ccc(-c2ccc(-c3nc(-c4ccc(-c5ccccc5)cc4)nc(-c4ccc(-c5cc6c(sc7ccc8ccccc8c76)c6nc7cc8ccccc8cc7n56)cc4)n3)cc2)cc1. The first kappa shape index (κ1) is 36.3. The van der Waals surface area contributed by atoms with Gasteiger partial charge in [0.25, 0.3) is 0 Å². The zero-order valence-electron chi connectivity index (χ0n) is 34.4. The molecule has 0 aliphatic heterocycles. The number of benzene rings is 9. The van der Waals surface area contributed by atoms with Crippen molar-refractivity contribution in [3.05, 3.63) is 212 Å². The van der Waals surface area contributed by atoms with Crippen molar-refractivity contribution in [1.29, 1.82) is 0 Å². The number of rotatable bonds is 6. The molecule has 4 aromatic heterocycles. The van der Waals surface area contributed by atoms with E-state index in [1.165, 1.54) is 52.8 Å². The van der Waals surface area contributed by atoms with Gasteiger partial charge in [-0.25, -0.2) is 19.9 Å². The Kier molecular flexibility index (Phi) is 8.32. The molecular weight excluding hydrogens is 799 g/mol. The highest BCUT2D eigenvalue weighted by Crippen LogP contribution is 2.44. The number of fused-ring (bicyclic) bond motifs is 10. The Hall–Kier alpha value is -8.32. The third kappa shape index (κ3) is 6.07. The Morgan fingerprint density at radius 1 is 0.344 bits per heavy atom. The second kappa shape index (κ2) is 14.7. The summed E-state index contributed by atoms with van der Waals surface area (Å²) in [6.07, 6.45) is 0. The maximum atomic E-state index is 5.39. The van der Waals surface area contributed by atoms with E-state index in [-0.39, 0.29) is 0 Å². The molecule has 13 rings (SSSR count). The molecule has 0 radical (unpaired) electrons. The molecule has 0 aliphatic rings. The molecule has 9 aromatic carbocycles. The molecule has 298 valence electrons. The quantitative estimate of drug-likeness (QED) is 0.167. The van der Waals surface area contributed by atoms with Crippen LogP contribution >= 0.6 is 11.3 Å². The predicted octanol–water partition coefficient (Wildman–Crippen LogP) is 15.3. The molecule has 0 N–H and O–H groups in total. The van der Waals surface area contributed by atoms with Crippen molar-refractivity contribution in [1.82, 2.24) is 24.3 Å². The van der Waals surface area contributed by atoms with Gasteiger partial charge < -0.3 is 0 Å². The molecule has 5 nitrogen and oxygen atoms in total. The van der Waals surface area contributed by atoms with Crippen molar-refractivity contribution in [3.8, 4) is 67.7 Å². The molecule has 0 bridgehead atoms. The average Bonchev–Trinajstić information content (AvgIpc) is 3.94. The van der Waals surface area contributed by atoms with Crippen LogP contribution in [0.5, 0.6) is 0 Å². The second-order valence-corrected chi connectivity index (χ2v) is 17.3. The third-order valence-corrected chi connectivity index (χ3v) is 13.6. The number of imidazole rings is 1. The van der Waals surface area contributed by atoms with E-state index in [4.69, 9.17) is 19.9 Å². The molecule has 6 heteroatoms. The van der Waals surface area contributed by atoms with Gasteiger partial charge in [0.05, 0.1) is 21.4 Å². The van der Waals surface area contributed by atoms with Crippen molar-refractivity contribution in [2.45, 2.75) is 0 Å². The maximum absolute atomic E-state index is 5.39. The Morgan fingerprint density at radius 2 is 0.812 bits per heavy atom. The van der Waals surface area contributed by atoms with Gasteiger partial charge >= 0.3 is 0 Å². The van der Waals surface area contributed by atoms with E-state index in [2.05, 4.69) is 205 Å². The van der Waals surface area contributed by atoms with Gasteiger partial charge in [0.1, 0.15) is 0 Å². The van der Waals surface area contributed by atoms with Crippen LogP contribution in [0, 0.1) is 0 Å². The molecule has 0 aliphatic carbocycles. The summed E-state index contributed by atoms with van der Waals surface area (Å²) in [4.78, 5) is 20.8. The van der Waals surface area contributed by atoms with E-state index in [1.54, 1.807) is 0 Å². The van der Waals surface area contributed by atoms with Crippen LogP contribution in [0.1, 0.15) is 0 Å². The Labute approximate surface area is 372 Å². The number of thiophene rings is 1. The highest BCUT2D eigenvalue weighted by molar-refractivity contribution is 7.26. The summed E-state index contributed by atoms with van der Waals surface area (Å²) in [5.41, 5.74) is 12.5. The lowest BCUT2D eigenvalue weighted by molar-refractivity contribution is 1.07. The van der Waals surface area contributed by atoms with E-state index in [0.717, 1.165) is 55.8 Å². The molecule has 0 amide bonds. The molecule has 0 atom stereocenters. The number of nitrogens with zero attached hydrogens (tertiary/aromatic N) is 5. The van der Waals surface area contributed by atoms with Gasteiger partial charge in [0.15, 0.2) is 23.1 Å². The van der Waals surface area contributed by atoms with Gasteiger partial charge in [0.2, 0.25) is 0 Å². The molecule has 4 heterocycles. The minimum atomic E-state index is 0.612. The Balaban J connectivity index is 0.973. The zero-order chi connectivity index (χ0) is 42.1. The van der Waals surface area contributed by atoms with Crippen LogP contribution < -0.4 is 0 Å². The van der Waals surface area contributed by atoms with Crippen LogP contribution in [0.2, 0.25) is 0 Å². The van der Waals surface area contributed by atoms with Gasteiger partial charge in [-0.2, -0.15) is 0 Å². The first-order chi connectivity index (χ1) is 31.7. The van der Waals surface area contributed by atoms with E-state index < -0.39 is 0 Å². The fourth-order valence-corrected chi connectivity index (χ4v) is 10.4. The molecule has 0 saturated carbocycles. The summed E-state index contributed by atoms with van der Waals surface area (Å²) in [6, 6.07) is 75.1. The minimum Gasteiger partial charge on any atom is -0.291 e. The predicted molar refractivity (Wildman–Crippen MR) is 267 cm³/mol. The first-order valence-corrected chi connectivity index (χ1v) is 22.3. The summed E-state index contributed by atoms with van der Waals surface area (Å²) in [7, 11) is 0. The molecular formula is C58H35N5S. The lowest BCUT2D eigenvalue weighted by Gasteiger charge is -2.12. The lowest BCUT2D eigenvalue weighted by Crippen LogP contribution is -2.00. The molecule has 0 fully saturated rings. The number of aromatic nitrogens is 5. The molecule has 64 heavy (non-hydrogen) atoms.